The number of esters is 1. The SMILES string of the molecule is C=C(OC(O)C(OC(C)=O)C(OCc1ccccc1)C(OCc1ccccc1)C(C)COCc1ccccc1)C(Cl)(Cl)Cl. The van der Waals surface area contributed by atoms with Gasteiger partial charge in [-0.25, -0.2) is 0 Å². The molecule has 0 spiro atoms. The smallest absolute Gasteiger partial charge is 0.303 e. The van der Waals surface area contributed by atoms with Crippen LogP contribution in [0.2, 0.25) is 0 Å². The monoisotopic (exact) mass is 650 g/mol. The second kappa shape index (κ2) is 17.6. The van der Waals surface area contributed by atoms with E-state index in [0.29, 0.717) is 6.61 Å². The van der Waals surface area contributed by atoms with Crippen LogP contribution in [0.5, 0.6) is 0 Å². The number of benzene rings is 3. The van der Waals surface area contributed by atoms with Gasteiger partial charge in [0, 0.05) is 12.8 Å². The van der Waals surface area contributed by atoms with E-state index in [-0.39, 0.29) is 31.5 Å². The summed E-state index contributed by atoms with van der Waals surface area (Å²) in [5.74, 6) is -1.35. The highest BCUT2D eigenvalue weighted by Crippen LogP contribution is 2.36. The lowest BCUT2D eigenvalue weighted by molar-refractivity contribution is -0.231. The van der Waals surface area contributed by atoms with Crippen molar-refractivity contribution >= 4 is 40.8 Å². The maximum atomic E-state index is 12.3. The third kappa shape index (κ3) is 12.1. The Morgan fingerprint density at radius 2 is 1.19 bits per heavy atom. The number of hydrogen-bond acceptors (Lipinski definition) is 7. The minimum absolute atomic E-state index is 0.115. The fourth-order valence-corrected chi connectivity index (χ4v) is 4.42. The zero-order chi connectivity index (χ0) is 31.2. The minimum atomic E-state index is -2.04. The zero-order valence-electron chi connectivity index (χ0n) is 24.1. The first-order valence-electron chi connectivity index (χ1n) is 13.8. The first-order valence-corrected chi connectivity index (χ1v) is 14.9. The van der Waals surface area contributed by atoms with E-state index in [1.54, 1.807) is 0 Å². The molecule has 10 heteroatoms. The topological polar surface area (TPSA) is 83.5 Å². The largest absolute Gasteiger partial charge is 0.461 e. The van der Waals surface area contributed by atoms with E-state index in [9.17, 15) is 9.90 Å². The molecular formula is C33H37Cl3O7. The molecule has 5 unspecified atom stereocenters. The van der Waals surface area contributed by atoms with Crippen LogP contribution in [0.1, 0.15) is 30.5 Å². The summed E-state index contributed by atoms with van der Waals surface area (Å²) < 4.78 is 27.9. The number of aliphatic hydroxyl groups is 1. The molecule has 1 N–H and O–H groups in total. The van der Waals surface area contributed by atoms with Crippen LogP contribution in [-0.4, -0.2) is 46.1 Å². The average Bonchev–Trinajstić information content (AvgIpc) is 2.98. The Kier molecular flexibility index (Phi) is 14.3. The number of aliphatic hydroxyl groups excluding tert-OH is 1. The van der Waals surface area contributed by atoms with E-state index in [1.165, 1.54) is 6.92 Å². The van der Waals surface area contributed by atoms with E-state index in [2.05, 4.69) is 6.58 Å². The number of alkyl halides is 3. The van der Waals surface area contributed by atoms with Gasteiger partial charge in [-0.2, -0.15) is 0 Å². The van der Waals surface area contributed by atoms with Gasteiger partial charge in [-0.3, -0.25) is 4.79 Å². The Balaban J connectivity index is 1.94. The van der Waals surface area contributed by atoms with Gasteiger partial charge in [0.15, 0.2) is 6.10 Å². The van der Waals surface area contributed by atoms with Gasteiger partial charge in [0.2, 0.25) is 10.1 Å². The standard InChI is InChI=1S/C33H37Cl3O7/c1-23(19-39-20-26-13-7-4-8-14-26)29(40-21-27-15-9-5-10-16-27)30(41-22-28-17-11-6-12-18-28)31(43-25(3)37)32(38)42-24(2)33(34,35)36/h4-18,23,29-32,38H,2,19-22H2,1,3H3. The van der Waals surface area contributed by atoms with Gasteiger partial charge in [-0.15, -0.1) is 0 Å². The third-order valence-corrected chi connectivity index (χ3v) is 7.07. The molecule has 7 nitrogen and oxygen atoms in total. The van der Waals surface area contributed by atoms with Crippen LogP contribution in [0.3, 0.4) is 0 Å². The Labute approximate surface area is 268 Å². The molecule has 0 bridgehead atoms. The van der Waals surface area contributed by atoms with Crippen molar-refractivity contribution in [2.24, 2.45) is 5.92 Å². The van der Waals surface area contributed by atoms with Crippen LogP contribution < -0.4 is 0 Å². The summed E-state index contributed by atoms with van der Waals surface area (Å²) in [5, 5.41) is 11.2. The molecule has 0 radical (unpaired) electrons. The molecule has 0 heterocycles. The third-order valence-electron chi connectivity index (χ3n) is 6.43. The molecule has 3 aromatic rings. The molecule has 0 amide bonds. The summed E-state index contributed by atoms with van der Waals surface area (Å²) in [7, 11) is 0. The summed E-state index contributed by atoms with van der Waals surface area (Å²) in [4.78, 5) is 12.3. The van der Waals surface area contributed by atoms with Crippen LogP contribution in [0.15, 0.2) is 103 Å². The van der Waals surface area contributed by atoms with Crippen LogP contribution in [-0.2, 0) is 48.3 Å². The van der Waals surface area contributed by atoms with Gasteiger partial charge in [-0.1, -0.05) is 139 Å². The van der Waals surface area contributed by atoms with Gasteiger partial charge >= 0.3 is 5.97 Å². The fraction of sp³-hybridized carbons (Fsp3) is 0.364. The molecular weight excluding hydrogens is 615 g/mol. The summed E-state index contributed by atoms with van der Waals surface area (Å²) in [6, 6.07) is 28.8. The number of allylic oxidation sites excluding steroid dienone is 1. The Hall–Kier alpha value is -2.62. The van der Waals surface area contributed by atoms with Crippen molar-refractivity contribution in [2.75, 3.05) is 6.61 Å². The molecule has 0 aromatic heterocycles. The molecule has 3 rings (SSSR count). The van der Waals surface area contributed by atoms with E-state index in [1.807, 2.05) is 97.9 Å². The maximum absolute atomic E-state index is 12.3. The highest BCUT2D eigenvalue weighted by atomic mass is 35.6. The lowest BCUT2D eigenvalue weighted by Gasteiger charge is -2.38. The fourth-order valence-electron chi connectivity index (χ4n) is 4.28. The summed E-state index contributed by atoms with van der Waals surface area (Å²) in [6.07, 6.45) is -5.03. The van der Waals surface area contributed by atoms with Crippen LogP contribution in [0.4, 0.5) is 0 Å². The summed E-state index contributed by atoms with van der Waals surface area (Å²) in [6.45, 7) is 7.71. The molecule has 0 aliphatic carbocycles. The van der Waals surface area contributed by atoms with Gasteiger partial charge in [-0.05, 0) is 16.7 Å². The first kappa shape index (κ1) is 34.9. The van der Waals surface area contributed by atoms with Gasteiger partial charge in [0.05, 0.1) is 32.5 Å². The number of carbonyl (C=O) groups excluding carboxylic acids is 1. The molecule has 0 fully saturated rings. The predicted octanol–water partition coefficient (Wildman–Crippen LogP) is 7.16. The molecule has 0 aliphatic rings. The quantitative estimate of drug-likeness (QED) is 0.0718. The van der Waals surface area contributed by atoms with Crippen LogP contribution in [0, 0.1) is 5.92 Å². The van der Waals surface area contributed by atoms with Crippen LogP contribution >= 0.6 is 34.8 Å². The normalized spacial score (nSPS) is 15.1. The van der Waals surface area contributed by atoms with Crippen molar-refractivity contribution in [2.45, 2.75) is 62.1 Å². The molecule has 0 saturated heterocycles. The maximum Gasteiger partial charge on any atom is 0.303 e. The Morgan fingerprint density at radius 1 is 0.744 bits per heavy atom. The number of halogens is 3. The van der Waals surface area contributed by atoms with E-state index in [4.69, 9.17) is 58.5 Å². The van der Waals surface area contributed by atoms with E-state index in [0.717, 1.165) is 16.7 Å². The van der Waals surface area contributed by atoms with Gasteiger partial charge < -0.3 is 28.8 Å². The number of ether oxygens (including phenoxy) is 5. The first-order chi connectivity index (χ1) is 20.5. The van der Waals surface area contributed by atoms with E-state index < -0.39 is 34.4 Å². The molecule has 0 aliphatic heterocycles. The number of hydrogen-bond donors (Lipinski definition) is 1. The predicted molar refractivity (Wildman–Crippen MR) is 167 cm³/mol. The van der Waals surface area contributed by atoms with Crippen molar-refractivity contribution in [3.05, 3.63) is 120 Å². The lowest BCUT2D eigenvalue weighted by atomic mass is 9.95. The summed E-state index contributed by atoms with van der Waals surface area (Å²) in [5.41, 5.74) is 2.78. The minimum Gasteiger partial charge on any atom is -0.461 e. The van der Waals surface area contributed by atoms with Gasteiger partial charge in [0.1, 0.15) is 11.9 Å². The van der Waals surface area contributed by atoms with Crippen molar-refractivity contribution in [1.29, 1.82) is 0 Å². The highest BCUT2D eigenvalue weighted by molar-refractivity contribution is 6.69. The average molecular weight is 652 g/mol. The van der Waals surface area contributed by atoms with Gasteiger partial charge in [0.25, 0.3) is 0 Å². The second-order valence-corrected chi connectivity index (χ2v) is 12.3. The second-order valence-electron chi connectivity index (χ2n) is 10.0. The lowest BCUT2D eigenvalue weighted by Crippen LogP contribution is -2.52. The molecule has 43 heavy (non-hydrogen) atoms. The Morgan fingerprint density at radius 3 is 1.63 bits per heavy atom. The van der Waals surface area contributed by atoms with Crippen molar-refractivity contribution in [1.82, 2.24) is 0 Å². The van der Waals surface area contributed by atoms with E-state index >= 15 is 0 Å². The zero-order valence-corrected chi connectivity index (χ0v) is 26.4. The highest BCUT2D eigenvalue weighted by Gasteiger charge is 2.43. The van der Waals surface area contributed by atoms with Crippen LogP contribution in [0.25, 0.3) is 0 Å². The number of carbonyl (C=O) groups is 1. The molecule has 3 aromatic carbocycles. The van der Waals surface area contributed by atoms with Crippen molar-refractivity contribution in [3.8, 4) is 0 Å². The molecule has 5 atom stereocenters. The summed E-state index contributed by atoms with van der Waals surface area (Å²) >= 11 is 17.7. The van der Waals surface area contributed by atoms with Crippen molar-refractivity contribution < 1.29 is 33.6 Å². The van der Waals surface area contributed by atoms with Crippen molar-refractivity contribution in [3.63, 3.8) is 0 Å². The number of rotatable bonds is 17. The molecule has 232 valence electrons. The molecule has 0 saturated carbocycles. The Bertz CT molecular complexity index is 1240.